The largest absolute Gasteiger partial charge is 0.480 e. The lowest BCUT2D eigenvalue weighted by atomic mass is 10.1. The Morgan fingerprint density at radius 1 is 1.21 bits per heavy atom. The lowest BCUT2D eigenvalue weighted by molar-refractivity contribution is -0.139. The third kappa shape index (κ3) is 10.4. The number of aromatic nitrogens is 1. The van der Waals surface area contributed by atoms with E-state index in [1.807, 2.05) is 6.92 Å². The van der Waals surface area contributed by atoms with Crippen molar-refractivity contribution in [1.82, 2.24) is 15.2 Å². The molecular weight excluding hydrogens is 424 g/mol. The highest BCUT2D eigenvalue weighted by Gasteiger charge is 2.21. The van der Waals surface area contributed by atoms with E-state index >= 15 is 0 Å². The molecule has 2 rings (SSSR count). The molecule has 1 aliphatic rings. The number of carboxylic acid groups (broad SMARTS) is 1. The maximum atomic E-state index is 11.8. The number of pyridine rings is 1. The van der Waals surface area contributed by atoms with Gasteiger partial charge in [-0.1, -0.05) is 19.4 Å². The highest BCUT2D eigenvalue weighted by atomic mass is 16.5. The molecule has 9 nitrogen and oxygen atoms in total. The van der Waals surface area contributed by atoms with Crippen LogP contribution in [0, 0.1) is 0 Å². The lowest BCUT2D eigenvalue weighted by Gasteiger charge is -2.24. The Bertz CT molecular complexity index is 731. The van der Waals surface area contributed by atoms with E-state index in [0.717, 1.165) is 69.5 Å². The average Bonchev–Trinajstić information content (AvgIpc) is 2.82. The number of fused-ring (bicyclic) bond motifs is 1. The summed E-state index contributed by atoms with van der Waals surface area (Å²) in [6, 6.07) is 3.33. The molecule has 3 N–H and O–H groups in total. The first-order valence-electron chi connectivity index (χ1n) is 12.1. The van der Waals surface area contributed by atoms with Crippen molar-refractivity contribution in [3.63, 3.8) is 0 Å². The molecule has 186 valence electrons. The topological polar surface area (TPSA) is 113 Å². The molecule has 0 aromatic carbocycles. The van der Waals surface area contributed by atoms with E-state index in [1.165, 1.54) is 5.56 Å². The van der Waals surface area contributed by atoms with Crippen molar-refractivity contribution in [2.75, 3.05) is 51.8 Å². The Hall–Kier alpha value is -2.39. The minimum absolute atomic E-state index is 0.295. The molecule has 1 aromatic rings. The van der Waals surface area contributed by atoms with Gasteiger partial charge in [-0.2, -0.15) is 0 Å². The summed E-state index contributed by atoms with van der Waals surface area (Å²) in [7, 11) is 1.65. The van der Waals surface area contributed by atoms with E-state index in [1.54, 1.807) is 7.11 Å². The number of carboxylic acids is 1. The van der Waals surface area contributed by atoms with Gasteiger partial charge in [0.05, 0.1) is 13.2 Å². The molecule has 0 radical (unpaired) electrons. The Labute approximate surface area is 197 Å². The van der Waals surface area contributed by atoms with Gasteiger partial charge in [0.2, 0.25) is 0 Å². The van der Waals surface area contributed by atoms with Gasteiger partial charge in [0.25, 0.3) is 0 Å². The summed E-state index contributed by atoms with van der Waals surface area (Å²) >= 11 is 0. The van der Waals surface area contributed by atoms with Crippen molar-refractivity contribution in [1.29, 1.82) is 0 Å². The van der Waals surface area contributed by atoms with E-state index in [4.69, 9.17) is 14.5 Å². The van der Waals surface area contributed by atoms with E-state index < -0.39 is 18.1 Å². The molecule has 1 atom stereocenters. The fourth-order valence-electron chi connectivity index (χ4n) is 3.77. The molecule has 9 heteroatoms. The van der Waals surface area contributed by atoms with Crippen molar-refractivity contribution >= 4 is 17.9 Å². The van der Waals surface area contributed by atoms with Crippen molar-refractivity contribution in [2.45, 2.75) is 64.3 Å². The van der Waals surface area contributed by atoms with Gasteiger partial charge >= 0.3 is 12.1 Å². The number of aryl methyl sites for hydroxylation is 2. The van der Waals surface area contributed by atoms with Gasteiger partial charge in [0.1, 0.15) is 11.9 Å². The van der Waals surface area contributed by atoms with Gasteiger partial charge in [-0.05, 0) is 63.1 Å². The van der Waals surface area contributed by atoms with E-state index in [0.29, 0.717) is 32.7 Å². The SMILES string of the molecule is CCCCOC(=O)N[C@@H](CCN(CCCCc1ccc2c(n1)NCCC2)CCOC)C(=O)O. The standard InChI is InChI=1S/C24H40N4O5/c1-3-4-17-33-24(31)27-21(23(29)30)12-15-28(16-18-32-2)14-6-5-9-20-11-10-19-8-7-13-25-22(19)26-20/h10-11,21H,3-9,12-18H2,1-2H3,(H,25,26)(H,27,31)(H,29,30)/t21-/m0/s1. The molecule has 0 unspecified atom stereocenters. The van der Waals surface area contributed by atoms with Crippen LogP contribution in [0.15, 0.2) is 12.1 Å². The normalized spacial score (nSPS) is 13.8. The van der Waals surface area contributed by atoms with Crippen LogP contribution in [-0.2, 0) is 27.1 Å². The molecule has 0 saturated carbocycles. The zero-order chi connectivity index (χ0) is 23.9. The number of unbranched alkanes of at least 4 members (excludes halogenated alkanes) is 2. The fraction of sp³-hybridized carbons (Fsp3) is 0.708. The van der Waals surface area contributed by atoms with E-state index in [2.05, 4.69) is 27.7 Å². The minimum atomic E-state index is -1.05. The number of carbonyl (C=O) groups excluding carboxylic acids is 1. The van der Waals surface area contributed by atoms with Crippen molar-refractivity contribution < 1.29 is 24.2 Å². The molecule has 0 aliphatic carbocycles. The average molecular weight is 465 g/mol. The first-order valence-corrected chi connectivity index (χ1v) is 12.1. The second-order valence-corrected chi connectivity index (χ2v) is 8.45. The van der Waals surface area contributed by atoms with Crippen LogP contribution < -0.4 is 10.6 Å². The van der Waals surface area contributed by atoms with Crippen molar-refractivity contribution in [3.05, 3.63) is 23.4 Å². The van der Waals surface area contributed by atoms with Crippen molar-refractivity contribution in [3.8, 4) is 0 Å². The second-order valence-electron chi connectivity index (χ2n) is 8.45. The maximum absolute atomic E-state index is 11.8. The zero-order valence-corrected chi connectivity index (χ0v) is 20.1. The number of aliphatic carboxylic acids is 1. The van der Waals surface area contributed by atoms with Crippen LogP contribution in [0.2, 0.25) is 0 Å². The number of hydrogen-bond acceptors (Lipinski definition) is 7. The number of carbonyl (C=O) groups is 2. The molecule has 0 saturated heterocycles. The predicted molar refractivity (Wildman–Crippen MR) is 128 cm³/mol. The minimum Gasteiger partial charge on any atom is -0.480 e. The van der Waals surface area contributed by atoms with Gasteiger partial charge in [-0.3, -0.25) is 0 Å². The number of rotatable bonds is 16. The number of nitrogens with one attached hydrogen (secondary N) is 2. The molecule has 0 bridgehead atoms. The summed E-state index contributed by atoms with van der Waals surface area (Å²) in [6.07, 6.45) is 6.43. The Morgan fingerprint density at radius 2 is 2.06 bits per heavy atom. The number of nitrogens with zero attached hydrogens (tertiary/aromatic N) is 2. The first kappa shape index (κ1) is 26.9. The summed E-state index contributed by atoms with van der Waals surface area (Å²) < 4.78 is 10.2. The molecule has 2 heterocycles. The van der Waals surface area contributed by atoms with Gasteiger partial charge in [0, 0.05) is 32.4 Å². The maximum Gasteiger partial charge on any atom is 0.407 e. The van der Waals surface area contributed by atoms with Gasteiger partial charge in [-0.25, -0.2) is 14.6 Å². The van der Waals surface area contributed by atoms with Crippen molar-refractivity contribution in [2.24, 2.45) is 0 Å². The molecule has 0 spiro atoms. The summed E-state index contributed by atoms with van der Waals surface area (Å²) in [6.45, 7) is 5.95. The Balaban J connectivity index is 1.76. The first-order chi connectivity index (χ1) is 16.0. The summed E-state index contributed by atoms with van der Waals surface area (Å²) in [5.74, 6) is -0.0258. The zero-order valence-electron chi connectivity index (χ0n) is 20.1. The number of alkyl carbamates (subject to hydrolysis) is 1. The lowest BCUT2D eigenvalue weighted by Crippen LogP contribution is -2.44. The molecule has 1 amide bonds. The quantitative estimate of drug-likeness (QED) is 0.320. The van der Waals surface area contributed by atoms with Crippen LogP contribution in [0.25, 0.3) is 0 Å². The molecule has 1 aliphatic heterocycles. The molecule has 1 aromatic heterocycles. The molecule has 33 heavy (non-hydrogen) atoms. The van der Waals surface area contributed by atoms with Gasteiger partial charge in [0.15, 0.2) is 0 Å². The second kappa shape index (κ2) is 15.4. The highest BCUT2D eigenvalue weighted by molar-refractivity contribution is 5.79. The number of anilines is 1. The van der Waals surface area contributed by atoms with Crippen LogP contribution in [-0.4, -0.2) is 79.6 Å². The molecular formula is C24H40N4O5. The highest BCUT2D eigenvalue weighted by Crippen LogP contribution is 2.20. The summed E-state index contributed by atoms with van der Waals surface area (Å²) in [4.78, 5) is 30.4. The number of methoxy groups -OCH3 is 1. The van der Waals surface area contributed by atoms with E-state index in [9.17, 15) is 14.7 Å². The van der Waals surface area contributed by atoms with Gasteiger partial charge < -0.3 is 30.1 Å². The summed E-state index contributed by atoms with van der Waals surface area (Å²) in [5, 5.41) is 15.3. The Morgan fingerprint density at radius 3 is 2.82 bits per heavy atom. The third-order valence-electron chi connectivity index (χ3n) is 5.78. The predicted octanol–water partition coefficient (Wildman–Crippen LogP) is 3.08. The number of amides is 1. The van der Waals surface area contributed by atoms with E-state index in [-0.39, 0.29) is 0 Å². The molecule has 0 fully saturated rings. The van der Waals surface area contributed by atoms with Crippen LogP contribution in [0.1, 0.15) is 56.7 Å². The summed E-state index contributed by atoms with van der Waals surface area (Å²) in [5.41, 5.74) is 2.40. The fourth-order valence-corrected chi connectivity index (χ4v) is 3.77. The third-order valence-corrected chi connectivity index (χ3v) is 5.78. The Kier molecular flexibility index (Phi) is 12.6. The van der Waals surface area contributed by atoms with Crippen LogP contribution >= 0.6 is 0 Å². The van der Waals surface area contributed by atoms with Crippen LogP contribution in [0.4, 0.5) is 10.6 Å². The van der Waals surface area contributed by atoms with Crippen LogP contribution in [0.5, 0.6) is 0 Å². The number of hydrogen-bond donors (Lipinski definition) is 3. The van der Waals surface area contributed by atoms with Gasteiger partial charge in [-0.15, -0.1) is 0 Å². The monoisotopic (exact) mass is 464 g/mol. The number of ether oxygens (including phenoxy) is 2. The smallest absolute Gasteiger partial charge is 0.407 e. The van der Waals surface area contributed by atoms with Crippen LogP contribution in [0.3, 0.4) is 0 Å².